The van der Waals surface area contributed by atoms with Crippen LogP contribution < -0.4 is 5.73 Å². The lowest BCUT2D eigenvalue weighted by Crippen LogP contribution is -2.20. The highest BCUT2D eigenvalue weighted by Crippen LogP contribution is 2.25. The Morgan fingerprint density at radius 1 is 1.33 bits per heavy atom. The number of halogens is 1. The number of aliphatic hydroxyl groups excluding tert-OH is 1. The molecule has 0 aliphatic carbocycles. The van der Waals surface area contributed by atoms with E-state index in [1.807, 2.05) is 19.9 Å². The Morgan fingerprint density at radius 2 is 2.00 bits per heavy atom. The maximum Gasteiger partial charge on any atom is 0.115 e. The third-order valence-corrected chi connectivity index (χ3v) is 2.47. The topological polar surface area (TPSA) is 46.2 Å². The van der Waals surface area contributed by atoms with Gasteiger partial charge in [0.1, 0.15) is 6.67 Å². The van der Waals surface area contributed by atoms with Gasteiger partial charge in [-0.25, -0.2) is 4.39 Å². The minimum Gasteiger partial charge on any atom is -0.399 e. The fraction of sp³-hybridized carbons (Fsp3) is 0.500. The largest absolute Gasteiger partial charge is 0.399 e. The van der Waals surface area contributed by atoms with E-state index in [4.69, 9.17) is 10.8 Å². The third-order valence-electron chi connectivity index (χ3n) is 2.47. The molecule has 0 atom stereocenters. The number of aliphatic hydroxyl groups is 1. The molecule has 1 rings (SSSR count). The fourth-order valence-corrected chi connectivity index (χ4v) is 1.51. The van der Waals surface area contributed by atoms with Crippen molar-refractivity contribution in [1.29, 1.82) is 0 Å². The quantitative estimate of drug-likeness (QED) is 0.751. The molecule has 0 spiro atoms. The van der Waals surface area contributed by atoms with E-state index in [1.165, 1.54) is 0 Å². The smallest absolute Gasteiger partial charge is 0.115 e. The van der Waals surface area contributed by atoms with Crippen LogP contribution in [0.1, 0.15) is 25.0 Å². The molecule has 3 heteroatoms. The molecule has 15 heavy (non-hydrogen) atoms. The van der Waals surface area contributed by atoms with Gasteiger partial charge in [0.15, 0.2) is 0 Å². The first kappa shape index (κ1) is 12.0. The second kappa shape index (κ2) is 4.62. The number of rotatable bonds is 4. The first-order valence-corrected chi connectivity index (χ1v) is 5.02. The van der Waals surface area contributed by atoms with Gasteiger partial charge in [-0.1, -0.05) is 19.9 Å². The van der Waals surface area contributed by atoms with Crippen LogP contribution in [0.5, 0.6) is 0 Å². The second-order valence-electron chi connectivity index (χ2n) is 4.66. The molecule has 3 N–H and O–H groups in total. The first-order chi connectivity index (χ1) is 6.98. The molecule has 0 amide bonds. The van der Waals surface area contributed by atoms with E-state index in [0.717, 1.165) is 5.56 Å². The zero-order valence-electron chi connectivity index (χ0n) is 9.26. The predicted molar refractivity (Wildman–Crippen MR) is 60.2 cm³/mol. The summed E-state index contributed by atoms with van der Waals surface area (Å²) in [5.74, 6) is 0. The van der Waals surface area contributed by atoms with Crippen LogP contribution in [0.15, 0.2) is 18.2 Å². The summed E-state index contributed by atoms with van der Waals surface area (Å²) in [6, 6.07) is 5.26. The van der Waals surface area contributed by atoms with Crippen molar-refractivity contribution >= 4 is 5.69 Å². The Hall–Kier alpha value is -1.09. The van der Waals surface area contributed by atoms with Gasteiger partial charge in [0.2, 0.25) is 0 Å². The van der Waals surface area contributed by atoms with Gasteiger partial charge in [0.05, 0.1) is 0 Å². The van der Waals surface area contributed by atoms with Gasteiger partial charge in [-0.05, 0) is 35.1 Å². The molecule has 2 nitrogen and oxygen atoms in total. The van der Waals surface area contributed by atoms with Gasteiger partial charge in [-0.15, -0.1) is 0 Å². The number of anilines is 1. The van der Waals surface area contributed by atoms with Crippen LogP contribution in [-0.2, 0) is 13.1 Å². The van der Waals surface area contributed by atoms with Crippen molar-refractivity contribution < 1.29 is 9.50 Å². The lowest BCUT2D eigenvalue weighted by molar-refractivity contribution is 0.159. The van der Waals surface area contributed by atoms with Gasteiger partial charge in [0, 0.05) is 12.3 Å². The average Bonchev–Trinajstić information content (AvgIpc) is 2.20. The molecule has 0 radical (unpaired) electrons. The number of hydrogen-bond acceptors (Lipinski definition) is 2. The molecule has 0 aliphatic heterocycles. The van der Waals surface area contributed by atoms with E-state index >= 15 is 0 Å². The number of nitrogens with two attached hydrogens (primary N) is 1. The Morgan fingerprint density at radius 3 is 2.53 bits per heavy atom. The van der Waals surface area contributed by atoms with E-state index in [1.54, 1.807) is 12.1 Å². The Labute approximate surface area is 89.9 Å². The minimum absolute atomic E-state index is 0.0864. The molecule has 0 fully saturated rings. The van der Waals surface area contributed by atoms with Crippen LogP contribution in [0.3, 0.4) is 0 Å². The summed E-state index contributed by atoms with van der Waals surface area (Å²) in [5, 5.41) is 9.16. The zero-order valence-corrected chi connectivity index (χ0v) is 9.26. The van der Waals surface area contributed by atoms with E-state index in [0.29, 0.717) is 17.7 Å². The summed E-state index contributed by atoms with van der Waals surface area (Å²) < 4.78 is 12.7. The van der Waals surface area contributed by atoms with Crippen LogP contribution in [0, 0.1) is 5.41 Å². The van der Waals surface area contributed by atoms with Crippen molar-refractivity contribution in [3.8, 4) is 0 Å². The lowest BCUT2D eigenvalue weighted by Gasteiger charge is -2.22. The molecule has 0 aliphatic rings. The number of nitrogen functional groups attached to an aromatic ring is 1. The maximum atomic E-state index is 12.7. The van der Waals surface area contributed by atoms with Crippen molar-refractivity contribution in [2.75, 3.05) is 12.3 Å². The van der Waals surface area contributed by atoms with Gasteiger partial charge < -0.3 is 10.8 Å². The second-order valence-corrected chi connectivity index (χ2v) is 4.66. The van der Waals surface area contributed by atoms with E-state index in [2.05, 4.69) is 0 Å². The Kier molecular flexibility index (Phi) is 3.69. The lowest BCUT2D eigenvalue weighted by atomic mass is 9.85. The molecule has 1 aromatic rings. The van der Waals surface area contributed by atoms with Crippen molar-refractivity contribution in [2.45, 2.75) is 26.9 Å². The number of alkyl halides is 1. The summed E-state index contributed by atoms with van der Waals surface area (Å²) in [7, 11) is 0. The fourth-order valence-electron chi connectivity index (χ4n) is 1.51. The SMILES string of the molecule is CC(C)(CO)Cc1ccc(N)cc1CF. The van der Waals surface area contributed by atoms with Gasteiger partial charge >= 0.3 is 0 Å². The van der Waals surface area contributed by atoms with Gasteiger partial charge in [-0.2, -0.15) is 0 Å². The molecule has 0 aromatic heterocycles. The monoisotopic (exact) mass is 211 g/mol. The summed E-state index contributed by atoms with van der Waals surface area (Å²) >= 11 is 0. The Bertz CT molecular complexity index is 336. The van der Waals surface area contributed by atoms with Gasteiger partial charge in [-0.3, -0.25) is 0 Å². The third kappa shape index (κ3) is 3.20. The predicted octanol–water partition coefficient (Wildman–Crippen LogP) is 2.30. The molecule has 0 unspecified atom stereocenters. The summed E-state index contributed by atoms with van der Waals surface area (Å²) in [5.41, 5.74) is 7.48. The van der Waals surface area contributed by atoms with Crippen LogP contribution in [0.4, 0.5) is 10.1 Å². The van der Waals surface area contributed by atoms with Crippen molar-refractivity contribution in [3.05, 3.63) is 29.3 Å². The van der Waals surface area contributed by atoms with Crippen molar-refractivity contribution in [2.24, 2.45) is 5.41 Å². The molecular weight excluding hydrogens is 193 g/mol. The maximum absolute atomic E-state index is 12.7. The minimum atomic E-state index is -0.512. The molecule has 0 saturated carbocycles. The molecule has 1 aromatic carbocycles. The number of benzene rings is 1. The molecule has 0 saturated heterocycles. The normalized spacial score (nSPS) is 11.7. The van der Waals surface area contributed by atoms with Crippen molar-refractivity contribution in [3.63, 3.8) is 0 Å². The van der Waals surface area contributed by atoms with Gasteiger partial charge in [0.25, 0.3) is 0 Å². The van der Waals surface area contributed by atoms with Crippen molar-refractivity contribution in [1.82, 2.24) is 0 Å². The summed E-state index contributed by atoms with van der Waals surface area (Å²) in [6.45, 7) is 3.47. The van der Waals surface area contributed by atoms with Crippen LogP contribution in [-0.4, -0.2) is 11.7 Å². The summed E-state index contributed by atoms with van der Waals surface area (Å²) in [4.78, 5) is 0. The van der Waals surface area contributed by atoms with Crippen LogP contribution in [0.25, 0.3) is 0 Å². The molecule has 84 valence electrons. The first-order valence-electron chi connectivity index (χ1n) is 5.02. The molecule has 0 bridgehead atoms. The highest BCUT2D eigenvalue weighted by Gasteiger charge is 2.18. The van der Waals surface area contributed by atoms with E-state index in [-0.39, 0.29) is 12.0 Å². The van der Waals surface area contributed by atoms with E-state index in [9.17, 15) is 4.39 Å². The average molecular weight is 211 g/mol. The highest BCUT2D eigenvalue weighted by molar-refractivity contribution is 5.44. The van der Waals surface area contributed by atoms with Crippen LogP contribution >= 0.6 is 0 Å². The van der Waals surface area contributed by atoms with E-state index < -0.39 is 6.67 Å². The molecule has 0 heterocycles. The number of hydrogen-bond donors (Lipinski definition) is 2. The standard InChI is InChI=1S/C12H18FNO/c1-12(2,8-15)6-9-3-4-11(14)5-10(9)7-13/h3-5,15H,6-8,14H2,1-2H3. The highest BCUT2D eigenvalue weighted by atomic mass is 19.1. The zero-order chi connectivity index (χ0) is 11.5. The Balaban J connectivity index is 2.94. The summed E-state index contributed by atoms with van der Waals surface area (Å²) in [6.07, 6.45) is 0.656. The molecular formula is C12H18FNO. The van der Waals surface area contributed by atoms with Crippen LogP contribution in [0.2, 0.25) is 0 Å².